The molecule has 3 aliphatic rings. The Morgan fingerprint density at radius 2 is 2.09 bits per heavy atom. The quantitative estimate of drug-likeness (QED) is 0.891. The van der Waals surface area contributed by atoms with Gasteiger partial charge in [0.15, 0.2) is 11.5 Å². The van der Waals surface area contributed by atoms with Gasteiger partial charge in [0.05, 0.1) is 11.1 Å². The summed E-state index contributed by atoms with van der Waals surface area (Å²) in [5.41, 5.74) is 1.05. The van der Waals surface area contributed by atoms with Crippen molar-refractivity contribution in [1.29, 1.82) is 0 Å². The molecule has 0 amide bonds. The maximum absolute atomic E-state index is 10.2. The van der Waals surface area contributed by atoms with Crippen LogP contribution in [0.4, 0.5) is 0 Å². The number of rotatable bonds is 3. The highest BCUT2D eigenvalue weighted by Gasteiger charge is 2.54. The molecule has 1 spiro atoms. The molecule has 0 aromatic heterocycles. The maximum atomic E-state index is 10.2. The highest BCUT2D eigenvalue weighted by atomic mass is 35.5. The lowest BCUT2D eigenvalue weighted by Crippen LogP contribution is -2.64. The molecule has 0 bridgehead atoms. The van der Waals surface area contributed by atoms with E-state index in [9.17, 15) is 5.11 Å². The topological polar surface area (TPSA) is 60.0 Å². The lowest BCUT2D eigenvalue weighted by atomic mass is 9.58. The first-order valence-electron chi connectivity index (χ1n) is 7.76. The van der Waals surface area contributed by atoms with E-state index in [1.807, 2.05) is 12.1 Å². The van der Waals surface area contributed by atoms with Gasteiger partial charge in [0.25, 0.3) is 0 Å². The zero-order valence-electron chi connectivity index (χ0n) is 12.3. The Labute approximate surface area is 134 Å². The fourth-order valence-electron chi connectivity index (χ4n) is 3.85. The molecule has 2 N–H and O–H groups in total. The van der Waals surface area contributed by atoms with Crippen LogP contribution in [0, 0.1) is 5.41 Å². The van der Waals surface area contributed by atoms with E-state index in [0.717, 1.165) is 38.0 Å². The van der Waals surface area contributed by atoms with E-state index in [4.69, 9.17) is 25.8 Å². The summed E-state index contributed by atoms with van der Waals surface area (Å²) in [7, 11) is 0. The van der Waals surface area contributed by atoms with Crippen molar-refractivity contribution in [1.82, 2.24) is 5.32 Å². The first-order valence-corrected chi connectivity index (χ1v) is 8.14. The molecule has 1 aromatic rings. The molecule has 1 aromatic carbocycles. The first kappa shape index (κ1) is 14.6. The third-order valence-electron chi connectivity index (χ3n) is 5.28. The molecule has 2 fully saturated rings. The van der Waals surface area contributed by atoms with Crippen molar-refractivity contribution in [2.45, 2.75) is 38.0 Å². The predicted molar refractivity (Wildman–Crippen MR) is 81.3 cm³/mol. The third kappa shape index (κ3) is 2.27. The normalized spacial score (nSPS) is 28.6. The van der Waals surface area contributed by atoms with Crippen LogP contribution in [-0.4, -0.2) is 37.3 Å². The first-order chi connectivity index (χ1) is 10.7. The van der Waals surface area contributed by atoms with Crippen molar-refractivity contribution >= 4 is 11.6 Å². The number of nitrogens with one attached hydrogen (secondary N) is 1. The van der Waals surface area contributed by atoms with Gasteiger partial charge in [-0.05, 0) is 37.0 Å². The van der Waals surface area contributed by atoms with E-state index < -0.39 is 0 Å². The minimum atomic E-state index is -0.214. The van der Waals surface area contributed by atoms with Gasteiger partial charge in [0.2, 0.25) is 6.79 Å². The highest BCUT2D eigenvalue weighted by Crippen LogP contribution is 2.49. The standard InChI is InChI=1S/C16H20ClNO4/c17-11-5-10(6-12-15(11)22-9-21-12)8-18-13-7-14(19)16(13)1-3-20-4-2-16/h5-6,13-14,18-19H,1-4,7-9H2/t13-,14-/m1/s1. The fourth-order valence-corrected chi connectivity index (χ4v) is 4.14. The smallest absolute Gasteiger partial charge is 0.231 e. The Morgan fingerprint density at radius 1 is 1.27 bits per heavy atom. The van der Waals surface area contributed by atoms with Gasteiger partial charge < -0.3 is 24.6 Å². The van der Waals surface area contributed by atoms with E-state index in [-0.39, 0.29) is 18.3 Å². The molecule has 22 heavy (non-hydrogen) atoms. The van der Waals surface area contributed by atoms with Gasteiger partial charge in [-0.25, -0.2) is 0 Å². The zero-order chi connectivity index (χ0) is 15.2. The van der Waals surface area contributed by atoms with Crippen LogP contribution in [0.1, 0.15) is 24.8 Å². The number of hydrogen-bond acceptors (Lipinski definition) is 5. The molecule has 0 unspecified atom stereocenters. The number of halogens is 1. The Hall–Kier alpha value is -1.01. The second-order valence-electron chi connectivity index (χ2n) is 6.34. The van der Waals surface area contributed by atoms with Crippen LogP contribution in [0.3, 0.4) is 0 Å². The molecule has 6 heteroatoms. The molecule has 1 saturated carbocycles. The number of aliphatic hydroxyl groups excluding tert-OH is 1. The van der Waals surface area contributed by atoms with Crippen LogP contribution < -0.4 is 14.8 Å². The molecule has 2 heterocycles. The number of hydrogen-bond donors (Lipinski definition) is 2. The molecule has 2 atom stereocenters. The Morgan fingerprint density at radius 3 is 2.86 bits per heavy atom. The van der Waals surface area contributed by atoms with Crippen LogP contribution in [0.2, 0.25) is 5.02 Å². The van der Waals surface area contributed by atoms with Gasteiger partial charge in [-0.15, -0.1) is 0 Å². The van der Waals surface area contributed by atoms with Gasteiger partial charge in [0.1, 0.15) is 0 Å². The van der Waals surface area contributed by atoms with Crippen molar-refractivity contribution in [3.63, 3.8) is 0 Å². The monoisotopic (exact) mass is 325 g/mol. The Bertz CT molecular complexity index is 574. The van der Waals surface area contributed by atoms with Crippen LogP contribution in [0.5, 0.6) is 11.5 Å². The highest BCUT2D eigenvalue weighted by molar-refractivity contribution is 6.32. The van der Waals surface area contributed by atoms with E-state index in [1.165, 1.54) is 0 Å². The molecule has 1 aliphatic carbocycles. The zero-order valence-corrected chi connectivity index (χ0v) is 13.1. The molecule has 0 radical (unpaired) electrons. The van der Waals surface area contributed by atoms with Crippen molar-refractivity contribution in [3.05, 3.63) is 22.7 Å². The summed E-state index contributed by atoms with van der Waals surface area (Å²) < 4.78 is 16.2. The minimum absolute atomic E-state index is 0.0155. The number of benzene rings is 1. The summed E-state index contributed by atoms with van der Waals surface area (Å²) in [6, 6.07) is 4.21. The predicted octanol–water partition coefficient (Wildman–Crippen LogP) is 2.09. The number of ether oxygens (including phenoxy) is 3. The van der Waals surface area contributed by atoms with Crippen molar-refractivity contribution in [2.75, 3.05) is 20.0 Å². The van der Waals surface area contributed by atoms with Crippen LogP contribution >= 0.6 is 11.6 Å². The number of aliphatic hydroxyl groups is 1. The number of fused-ring (bicyclic) bond motifs is 1. The molecule has 5 nitrogen and oxygen atoms in total. The van der Waals surface area contributed by atoms with Crippen LogP contribution in [0.25, 0.3) is 0 Å². The molecule has 1 saturated heterocycles. The summed E-state index contributed by atoms with van der Waals surface area (Å²) in [6.07, 6.45) is 2.44. The summed E-state index contributed by atoms with van der Waals surface area (Å²) >= 11 is 6.21. The van der Waals surface area contributed by atoms with E-state index in [0.29, 0.717) is 29.1 Å². The van der Waals surface area contributed by atoms with Crippen molar-refractivity contribution in [3.8, 4) is 11.5 Å². The Kier molecular flexibility index (Phi) is 3.69. The van der Waals surface area contributed by atoms with E-state index in [2.05, 4.69) is 5.32 Å². The van der Waals surface area contributed by atoms with Gasteiger partial charge in [0, 0.05) is 31.2 Å². The second kappa shape index (κ2) is 5.57. The van der Waals surface area contributed by atoms with Crippen LogP contribution in [0.15, 0.2) is 12.1 Å². The van der Waals surface area contributed by atoms with Gasteiger partial charge in [-0.1, -0.05) is 11.6 Å². The molecular formula is C16H20ClNO4. The summed E-state index contributed by atoms with van der Waals surface area (Å²) in [5, 5.41) is 14.4. The van der Waals surface area contributed by atoms with Crippen molar-refractivity contribution in [2.24, 2.45) is 5.41 Å². The second-order valence-corrected chi connectivity index (χ2v) is 6.75. The maximum Gasteiger partial charge on any atom is 0.231 e. The average molecular weight is 326 g/mol. The lowest BCUT2D eigenvalue weighted by molar-refractivity contribution is -0.149. The average Bonchev–Trinajstić information content (AvgIpc) is 3.01. The van der Waals surface area contributed by atoms with Gasteiger partial charge in [-0.2, -0.15) is 0 Å². The molecule has 4 rings (SSSR count). The third-order valence-corrected chi connectivity index (χ3v) is 5.56. The molecular weight excluding hydrogens is 306 g/mol. The molecule has 2 aliphatic heterocycles. The fraction of sp³-hybridized carbons (Fsp3) is 0.625. The van der Waals surface area contributed by atoms with Gasteiger partial charge in [-0.3, -0.25) is 0 Å². The van der Waals surface area contributed by atoms with Gasteiger partial charge >= 0.3 is 0 Å². The van der Waals surface area contributed by atoms with Crippen molar-refractivity contribution < 1.29 is 19.3 Å². The minimum Gasteiger partial charge on any atom is -0.454 e. The van der Waals surface area contributed by atoms with E-state index in [1.54, 1.807) is 0 Å². The van der Waals surface area contributed by atoms with Crippen LogP contribution in [-0.2, 0) is 11.3 Å². The summed E-state index contributed by atoms with van der Waals surface area (Å²) in [4.78, 5) is 0. The molecule has 120 valence electrons. The summed E-state index contributed by atoms with van der Waals surface area (Å²) in [6.45, 7) is 2.41. The van der Waals surface area contributed by atoms with E-state index >= 15 is 0 Å². The summed E-state index contributed by atoms with van der Waals surface area (Å²) in [5.74, 6) is 1.34. The Balaban J connectivity index is 1.44. The lowest BCUT2D eigenvalue weighted by Gasteiger charge is -2.56. The largest absolute Gasteiger partial charge is 0.454 e. The SMILES string of the molecule is O[C@@H]1C[C@@H](NCc2cc(Cl)c3c(c2)OCO3)C12CCOCC2.